The van der Waals surface area contributed by atoms with Crippen LogP contribution in [0.25, 0.3) is 0 Å². The van der Waals surface area contributed by atoms with Gasteiger partial charge in [-0.3, -0.25) is 4.79 Å². The molecule has 0 unspecified atom stereocenters. The number of carbonyl (C=O) groups is 1. The molecule has 2 aliphatic rings. The third-order valence-corrected chi connectivity index (χ3v) is 9.50. The number of anilines is 1. The quantitative estimate of drug-likeness (QED) is 0.321. The largest absolute Gasteiger partial charge is 0.598 e. The lowest BCUT2D eigenvalue weighted by atomic mass is 9.94. The predicted octanol–water partition coefficient (Wildman–Crippen LogP) is 6.24. The van der Waals surface area contributed by atoms with Crippen molar-refractivity contribution in [2.45, 2.75) is 63.0 Å². The van der Waals surface area contributed by atoms with Crippen molar-refractivity contribution in [1.82, 2.24) is 9.71 Å². The summed E-state index contributed by atoms with van der Waals surface area (Å²) in [4.78, 5) is 18.7. The Labute approximate surface area is 231 Å². The van der Waals surface area contributed by atoms with Crippen molar-refractivity contribution < 1.29 is 27.6 Å². The molecule has 2 aromatic carbocycles. The molecule has 1 amide bonds. The van der Waals surface area contributed by atoms with Crippen LogP contribution in [-0.2, 0) is 21.6 Å². The Morgan fingerprint density at radius 1 is 1.18 bits per heavy atom. The molecule has 0 saturated heterocycles. The fourth-order valence-corrected chi connectivity index (χ4v) is 6.38. The number of hydrogen-bond acceptors (Lipinski definition) is 7. The van der Waals surface area contributed by atoms with E-state index in [1.165, 1.54) is 23.5 Å². The summed E-state index contributed by atoms with van der Waals surface area (Å²) in [6, 6.07) is 11.2. The average molecular weight is 582 g/mol. The van der Waals surface area contributed by atoms with Crippen LogP contribution in [0.5, 0.6) is 11.5 Å². The minimum Gasteiger partial charge on any atom is -0.598 e. The normalized spacial score (nSPS) is 18.6. The van der Waals surface area contributed by atoms with Crippen LogP contribution >= 0.6 is 22.9 Å². The molecule has 2 atom stereocenters. The molecule has 1 fully saturated rings. The number of hydrogen-bond donors (Lipinski definition) is 2. The maximum Gasteiger partial charge on any atom is 0.586 e. The Balaban J connectivity index is 1.40. The molecule has 2 heterocycles. The number of amides is 1. The standard InChI is InChI=1S/C26H26ClF2N3O4S2/c1-14-21(20(32-38(34)24(2,3)4)16-7-5-6-8-17(16)27)37-23(30-14)31-22(33)25(11-12-25)15-9-10-18-19(13-15)36-26(28,29)35-18/h5-10,13,20,32H,11-12H2,1-4H3,(H,30,31,33)/t20-,38-/m1/s1. The highest BCUT2D eigenvalue weighted by Crippen LogP contribution is 2.52. The fraction of sp³-hybridized carbons (Fsp3) is 0.385. The van der Waals surface area contributed by atoms with Crippen LogP contribution in [0.15, 0.2) is 42.5 Å². The molecule has 38 heavy (non-hydrogen) atoms. The second kappa shape index (κ2) is 9.63. The summed E-state index contributed by atoms with van der Waals surface area (Å²) < 4.78 is 51.7. The van der Waals surface area contributed by atoms with Crippen LogP contribution < -0.4 is 19.5 Å². The lowest BCUT2D eigenvalue weighted by Crippen LogP contribution is -2.41. The highest BCUT2D eigenvalue weighted by atomic mass is 35.5. The minimum absolute atomic E-state index is 0.0686. The van der Waals surface area contributed by atoms with Gasteiger partial charge in [0.1, 0.15) is 10.8 Å². The van der Waals surface area contributed by atoms with Gasteiger partial charge in [-0.15, -0.1) is 13.5 Å². The summed E-state index contributed by atoms with van der Waals surface area (Å²) in [5.41, 5.74) is 1.10. The average Bonchev–Trinajstić information content (AvgIpc) is 3.47. The fourth-order valence-electron chi connectivity index (χ4n) is 4.22. The number of nitrogens with one attached hydrogen (secondary N) is 2. The molecule has 2 N–H and O–H groups in total. The van der Waals surface area contributed by atoms with E-state index in [1.807, 2.05) is 45.9 Å². The zero-order valence-corrected chi connectivity index (χ0v) is 23.5. The molecule has 1 aliphatic carbocycles. The van der Waals surface area contributed by atoms with Gasteiger partial charge < -0.3 is 19.3 Å². The zero-order valence-electron chi connectivity index (χ0n) is 21.1. The van der Waals surface area contributed by atoms with E-state index in [0.717, 1.165) is 10.4 Å². The van der Waals surface area contributed by atoms with Crippen LogP contribution in [-0.4, -0.2) is 26.5 Å². The third-order valence-electron chi connectivity index (χ3n) is 6.45. The molecular formula is C26H26ClF2N3O4S2. The first-order valence-electron chi connectivity index (χ1n) is 11.9. The number of thiazole rings is 1. The Kier molecular flexibility index (Phi) is 6.88. The molecule has 0 radical (unpaired) electrons. The lowest BCUT2D eigenvalue weighted by molar-refractivity contribution is -0.286. The number of ether oxygens (including phenoxy) is 2. The summed E-state index contributed by atoms with van der Waals surface area (Å²) in [6.45, 7) is 7.43. The minimum atomic E-state index is -3.72. The van der Waals surface area contributed by atoms with E-state index in [0.29, 0.717) is 34.3 Å². The van der Waals surface area contributed by atoms with Gasteiger partial charge >= 0.3 is 6.29 Å². The van der Waals surface area contributed by atoms with E-state index < -0.39 is 33.9 Å². The van der Waals surface area contributed by atoms with Crippen molar-refractivity contribution in [3.63, 3.8) is 0 Å². The summed E-state index contributed by atoms with van der Waals surface area (Å²) in [5.74, 6) is -0.454. The Bertz CT molecular complexity index is 1390. The second-order valence-electron chi connectivity index (χ2n) is 10.3. The van der Waals surface area contributed by atoms with E-state index in [4.69, 9.17) is 11.6 Å². The van der Waals surface area contributed by atoms with Crippen molar-refractivity contribution in [2.75, 3.05) is 5.32 Å². The van der Waals surface area contributed by atoms with Gasteiger partial charge in [-0.05, 0) is 69.9 Å². The molecule has 0 bridgehead atoms. The van der Waals surface area contributed by atoms with Gasteiger partial charge in [0.05, 0.1) is 16.0 Å². The van der Waals surface area contributed by atoms with Crippen molar-refractivity contribution in [2.24, 2.45) is 0 Å². The van der Waals surface area contributed by atoms with E-state index in [9.17, 15) is 18.1 Å². The molecule has 1 aliphatic heterocycles. The van der Waals surface area contributed by atoms with Gasteiger partial charge in [-0.2, -0.15) is 0 Å². The maximum absolute atomic E-state index is 13.5. The van der Waals surface area contributed by atoms with Crippen LogP contribution in [0.4, 0.5) is 13.9 Å². The first-order chi connectivity index (χ1) is 17.8. The Morgan fingerprint density at radius 3 is 2.53 bits per heavy atom. The number of rotatable bonds is 7. The number of benzene rings is 2. The highest BCUT2D eigenvalue weighted by molar-refractivity contribution is 7.90. The van der Waals surface area contributed by atoms with E-state index >= 15 is 0 Å². The van der Waals surface area contributed by atoms with Crippen LogP contribution in [0.2, 0.25) is 5.02 Å². The summed E-state index contributed by atoms with van der Waals surface area (Å²) >= 11 is 6.37. The van der Waals surface area contributed by atoms with Gasteiger partial charge in [0.15, 0.2) is 16.6 Å². The van der Waals surface area contributed by atoms with E-state index in [1.54, 1.807) is 12.1 Å². The van der Waals surface area contributed by atoms with Crippen molar-refractivity contribution in [3.05, 3.63) is 69.2 Å². The Morgan fingerprint density at radius 2 is 1.87 bits per heavy atom. The van der Waals surface area contributed by atoms with Gasteiger partial charge in [0.25, 0.3) is 0 Å². The van der Waals surface area contributed by atoms with Crippen LogP contribution in [0.1, 0.15) is 61.4 Å². The second-order valence-corrected chi connectivity index (χ2v) is 13.7. The number of halogens is 3. The maximum atomic E-state index is 13.5. The molecule has 3 aromatic rings. The molecule has 202 valence electrons. The smallest absolute Gasteiger partial charge is 0.586 e. The molecule has 5 rings (SSSR count). The zero-order chi connectivity index (χ0) is 27.5. The van der Waals surface area contributed by atoms with Gasteiger partial charge in [-0.1, -0.05) is 47.2 Å². The van der Waals surface area contributed by atoms with Crippen LogP contribution in [0, 0.1) is 6.92 Å². The predicted molar refractivity (Wildman–Crippen MR) is 143 cm³/mol. The molecule has 7 nitrogen and oxygen atoms in total. The van der Waals surface area contributed by atoms with Crippen LogP contribution in [0.3, 0.4) is 0 Å². The molecule has 0 spiro atoms. The molecule has 1 saturated carbocycles. The molecule has 12 heteroatoms. The number of aryl methyl sites for hydroxylation is 1. The first kappa shape index (κ1) is 27.1. The summed E-state index contributed by atoms with van der Waals surface area (Å²) in [7, 11) is 0. The van der Waals surface area contributed by atoms with Crippen molar-refractivity contribution in [3.8, 4) is 11.5 Å². The van der Waals surface area contributed by atoms with Crippen molar-refractivity contribution in [1.29, 1.82) is 0 Å². The summed E-state index contributed by atoms with van der Waals surface area (Å²) in [5, 5.41) is 3.79. The summed E-state index contributed by atoms with van der Waals surface area (Å²) in [6.07, 6.45) is -2.61. The third kappa shape index (κ3) is 5.22. The highest BCUT2D eigenvalue weighted by Gasteiger charge is 2.53. The van der Waals surface area contributed by atoms with E-state index in [2.05, 4.69) is 24.5 Å². The topological polar surface area (TPSA) is 95.5 Å². The molecular weight excluding hydrogens is 556 g/mol. The van der Waals surface area contributed by atoms with Crippen molar-refractivity contribution >= 4 is 45.3 Å². The number of aromatic nitrogens is 1. The van der Waals surface area contributed by atoms with E-state index in [-0.39, 0.29) is 17.4 Å². The Hall–Kier alpha value is -2.44. The number of fused-ring (bicyclic) bond motifs is 1. The number of nitrogens with zero attached hydrogens (tertiary/aromatic N) is 1. The monoisotopic (exact) mass is 581 g/mol. The SMILES string of the molecule is Cc1nc(NC(=O)C2(c3ccc4c(c3)OC(F)(F)O4)CC2)sc1[C@H](N[S@+]([O-])C(C)(C)C)c1ccccc1Cl. The molecule has 1 aromatic heterocycles. The lowest BCUT2D eigenvalue weighted by Gasteiger charge is -2.28. The van der Waals surface area contributed by atoms with Gasteiger partial charge in [0.2, 0.25) is 5.91 Å². The number of alkyl halides is 2. The number of carbonyl (C=O) groups excluding carboxylic acids is 1. The first-order valence-corrected chi connectivity index (χ1v) is 14.3. The van der Waals surface area contributed by atoms with Gasteiger partial charge in [-0.25, -0.2) is 4.98 Å². The van der Waals surface area contributed by atoms with Gasteiger partial charge in [0, 0.05) is 16.4 Å².